The molecule has 2 aliphatic heterocycles. The van der Waals surface area contributed by atoms with Gasteiger partial charge in [0.25, 0.3) is 0 Å². The molecule has 1 N–H and O–H groups in total. The molecule has 0 fully saturated rings. The number of hydrogen-bond donors (Lipinski definition) is 1. The molecule has 0 aliphatic carbocycles. The predicted octanol–water partition coefficient (Wildman–Crippen LogP) is 7.00. The van der Waals surface area contributed by atoms with Crippen LogP contribution in [0.25, 0.3) is 10.9 Å². The van der Waals surface area contributed by atoms with Crippen molar-refractivity contribution in [1.29, 1.82) is 0 Å². The highest BCUT2D eigenvalue weighted by Gasteiger charge is 2.36. The molecule has 1 atom stereocenters. The van der Waals surface area contributed by atoms with Crippen LogP contribution in [0.2, 0.25) is 0 Å². The summed E-state index contributed by atoms with van der Waals surface area (Å²) in [5.74, 6) is 3.40. The largest absolute Gasteiger partial charge is 0.475 e. The van der Waals surface area contributed by atoms with Crippen LogP contribution >= 0.6 is 0 Å². The van der Waals surface area contributed by atoms with Gasteiger partial charge in [-0.25, -0.2) is 9.97 Å². The van der Waals surface area contributed by atoms with Gasteiger partial charge >= 0.3 is 0 Å². The molecule has 0 saturated heterocycles. The number of carbonyl (C=O) groups excluding carboxylic acids is 1. The van der Waals surface area contributed by atoms with Crippen molar-refractivity contribution in [3.05, 3.63) is 90.9 Å². The van der Waals surface area contributed by atoms with E-state index in [1.807, 2.05) is 85.4 Å². The van der Waals surface area contributed by atoms with Crippen molar-refractivity contribution < 1.29 is 18.8 Å². The average Bonchev–Trinajstić information content (AvgIpc) is 3.11. The summed E-state index contributed by atoms with van der Waals surface area (Å²) in [7, 11) is 5.98. The van der Waals surface area contributed by atoms with E-state index in [2.05, 4.69) is 58.5 Å². The molecular formula is C39H46N7O3+. The van der Waals surface area contributed by atoms with Gasteiger partial charge in [-0.15, -0.1) is 0 Å². The first-order chi connectivity index (χ1) is 23.7. The molecule has 0 radical (unpaired) electrons. The SMILES string of the molecule is C=CN(C)c1ccc(Oc2ccc(Nc3ncnc4ccc5c(c34)OCC3=[N+]5CCN(C(=O)/C=C/CN(C)C)C3)cc2C)cc1C(C)CC. The van der Waals surface area contributed by atoms with Gasteiger partial charge in [0.2, 0.25) is 23.1 Å². The fourth-order valence-corrected chi connectivity index (χ4v) is 6.29. The first-order valence-electron chi connectivity index (χ1n) is 16.8. The Morgan fingerprint density at radius 2 is 2.00 bits per heavy atom. The zero-order valence-corrected chi connectivity index (χ0v) is 29.4. The lowest BCUT2D eigenvalue weighted by atomic mass is 9.96. The van der Waals surface area contributed by atoms with E-state index in [4.69, 9.17) is 9.47 Å². The molecular weight excluding hydrogens is 614 g/mol. The van der Waals surface area contributed by atoms with E-state index in [-0.39, 0.29) is 5.91 Å². The lowest BCUT2D eigenvalue weighted by Gasteiger charge is -2.29. The van der Waals surface area contributed by atoms with Gasteiger partial charge in [-0.2, -0.15) is 4.58 Å². The maximum atomic E-state index is 12.8. The molecule has 0 spiro atoms. The number of carbonyl (C=O) groups is 1. The minimum Gasteiger partial charge on any atom is -0.475 e. The van der Waals surface area contributed by atoms with Crippen molar-refractivity contribution in [1.82, 2.24) is 19.8 Å². The van der Waals surface area contributed by atoms with Crippen molar-refractivity contribution in [3.8, 4) is 17.2 Å². The highest BCUT2D eigenvalue weighted by Crippen LogP contribution is 2.42. The van der Waals surface area contributed by atoms with Crippen LogP contribution in [0.5, 0.6) is 17.2 Å². The smallest absolute Gasteiger partial charge is 0.248 e. The minimum absolute atomic E-state index is 0.0232. The van der Waals surface area contributed by atoms with Gasteiger partial charge in [-0.1, -0.05) is 26.5 Å². The van der Waals surface area contributed by atoms with Crippen LogP contribution in [0.4, 0.5) is 22.9 Å². The van der Waals surface area contributed by atoms with Crippen LogP contribution in [-0.4, -0.2) is 89.9 Å². The van der Waals surface area contributed by atoms with Crippen LogP contribution < -0.4 is 19.7 Å². The molecule has 1 unspecified atom stereocenters. The van der Waals surface area contributed by atoms with Gasteiger partial charge in [0, 0.05) is 37.1 Å². The van der Waals surface area contributed by atoms with Crippen LogP contribution in [0, 0.1) is 6.92 Å². The highest BCUT2D eigenvalue weighted by molar-refractivity contribution is 6.01. The van der Waals surface area contributed by atoms with Crippen molar-refractivity contribution in [2.75, 3.05) is 64.1 Å². The summed E-state index contributed by atoms with van der Waals surface area (Å²) >= 11 is 0. The van der Waals surface area contributed by atoms with Gasteiger partial charge in [0.1, 0.15) is 30.2 Å². The highest BCUT2D eigenvalue weighted by atomic mass is 16.5. The molecule has 6 rings (SSSR count). The van der Waals surface area contributed by atoms with Crippen molar-refractivity contribution in [2.24, 2.45) is 0 Å². The van der Waals surface area contributed by atoms with E-state index in [0.717, 1.165) is 69.5 Å². The number of hydrogen-bond acceptors (Lipinski definition) is 8. The van der Waals surface area contributed by atoms with Gasteiger partial charge < -0.3 is 29.5 Å². The van der Waals surface area contributed by atoms with E-state index in [1.165, 1.54) is 5.56 Å². The Hall–Kier alpha value is -5.22. The zero-order chi connectivity index (χ0) is 34.7. The fraction of sp³-hybridized carbons (Fsp3) is 0.333. The number of aryl methyl sites for hydroxylation is 1. The third-order valence-electron chi connectivity index (χ3n) is 9.26. The third-order valence-corrected chi connectivity index (χ3v) is 9.26. The van der Waals surface area contributed by atoms with Crippen molar-refractivity contribution in [2.45, 2.75) is 33.1 Å². The molecule has 10 heteroatoms. The first kappa shape index (κ1) is 33.7. The number of nitrogens with one attached hydrogen (secondary N) is 1. The summed E-state index contributed by atoms with van der Waals surface area (Å²) in [5.41, 5.74) is 7.04. The standard InChI is InChI=1S/C39H46N7O3/c1-8-26(3)31-22-30(13-15-33(31)44(7)9-2)49-35-17-12-28(21-27(35)4)42-39-37-32(40-25-41-39)14-16-34-38(37)48-24-29-23-45(19-20-46(29)34)36(47)11-10-18-43(5)6/h9-17,21-22,25-26H,2,8,18-20,23-24H2,1,3-7H3,(H,40,41,42)/q+1/b11-10+. The van der Waals surface area contributed by atoms with Crippen molar-refractivity contribution >= 4 is 45.4 Å². The Morgan fingerprint density at radius 3 is 2.76 bits per heavy atom. The summed E-state index contributed by atoms with van der Waals surface area (Å²) in [6.07, 6.45) is 7.99. The number of fused-ring (bicyclic) bond motifs is 4. The van der Waals surface area contributed by atoms with E-state index in [9.17, 15) is 4.79 Å². The summed E-state index contributed by atoms with van der Waals surface area (Å²) < 4.78 is 15.1. The Morgan fingerprint density at radius 1 is 1.16 bits per heavy atom. The van der Waals surface area contributed by atoms with Crippen LogP contribution in [0.3, 0.4) is 0 Å². The Bertz CT molecular complexity index is 1950. The molecule has 3 heterocycles. The third kappa shape index (κ3) is 7.15. The summed E-state index contributed by atoms with van der Waals surface area (Å²) in [6.45, 7) is 13.4. The van der Waals surface area contributed by atoms with E-state index in [0.29, 0.717) is 38.0 Å². The maximum absolute atomic E-state index is 12.8. The number of ether oxygens (including phenoxy) is 2. The monoisotopic (exact) mass is 660 g/mol. The Balaban J connectivity index is 1.23. The van der Waals surface area contributed by atoms with Crippen molar-refractivity contribution in [3.63, 3.8) is 0 Å². The van der Waals surface area contributed by atoms with Gasteiger partial charge in [0.05, 0.1) is 17.4 Å². The summed E-state index contributed by atoms with van der Waals surface area (Å²) in [4.78, 5) is 28.0. The number of nitrogens with zero attached hydrogens (tertiary/aromatic N) is 6. The average molecular weight is 661 g/mol. The van der Waals surface area contributed by atoms with Gasteiger partial charge in [0.15, 0.2) is 13.2 Å². The van der Waals surface area contributed by atoms with E-state index < -0.39 is 0 Å². The molecule has 0 saturated carbocycles. The molecule has 254 valence electrons. The first-order valence-corrected chi connectivity index (χ1v) is 16.8. The van der Waals surface area contributed by atoms with Gasteiger partial charge in [-0.3, -0.25) is 4.79 Å². The quantitative estimate of drug-likeness (QED) is 0.136. The Kier molecular flexibility index (Phi) is 9.96. The van der Waals surface area contributed by atoms with Crippen LogP contribution in [0.15, 0.2) is 79.8 Å². The zero-order valence-electron chi connectivity index (χ0n) is 29.4. The minimum atomic E-state index is 0.0232. The summed E-state index contributed by atoms with van der Waals surface area (Å²) in [5, 5.41) is 4.34. The molecule has 3 aromatic carbocycles. The van der Waals surface area contributed by atoms with Crippen LogP contribution in [0.1, 0.15) is 37.3 Å². The maximum Gasteiger partial charge on any atom is 0.248 e. The number of aromatic nitrogens is 2. The molecule has 4 aromatic rings. The normalized spacial score (nSPS) is 14.8. The lowest BCUT2D eigenvalue weighted by molar-refractivity contribution is -0.453. The molecule has 1 aromatic heterocycles. The number of likely N-dealkylation sites (N-methyl/N-ethyl adjacent to an activating group) is 1. The molecule has 49 heavy (non-hydrogen) atoms. The Labute approximate surface area is 289 Å². The van der Waals surface area contributed by atoms with E-state index >= 15 is 0 Å². The summed E-state index contributed by atoms with van der Waals surface area (Å²) in [6, 6.07) is 16.3. The number of amides is 1. The topological polar surface area (TPSA) is 86.1 Å². The van der Waals surface area contributed by atoms with E-state index in [1.54, 1.807) is 12.4 Å². The number of anilines is 3. The van der Waals surface area contributed by atoms with Crippen LogP contribution in [-0.2, 0) is 4.79 Å². The lowest BCUT2D eigenvalue weighted by Crippen LogP contribution is -2.48. The number of rotatable bonds is 11. The molecule has 2 aliphatic rings. The molecule has 10 nitrogen and oxygen atoms in total. The molecule has 1 amide bonds. The fourth-order valence-electron chi connectivity index (χ4n) is 6.29. The number of benzene rings is 3. The molecule has 0 bridgehead atoms. The second-order valence-corrected chi connectivity index (χ2v) is 13.0. The second kappa shape index (κ2) is 14.5. The predicted molar refractivity (Wildman–Crippen MR) is 197 cm³/mol. The second-order valence-electron chi connectivity index (χ2n) is 13.0. The van der Waals surface area contributed by atoms with Gasteiger partial charge in [-0.05, 0) is 93.1 Å².